The fourth-order valence-corrected chi connectivity index (χ4v) is 2.93. The van der Waals surface area contributed by atoms with Crippen molar-refractivity contribution in [2.45, 2.75) is 13.8 Å². The first-order valence-electron chi connectivity index (χ1n) is 5.29. The molecule has 3 heterocycles. The molecule has 0 unspecified atom stereocenters. The van der Waals surface area contributed by atoms with Gasteiger partial charge in [0.1, 0.15) is 16.2 Å². The molecule has 18 heavy (non-hydrogen) atoms. The lowest BCUT2D eigenvalue weighted by Crippen LogP contribution is -2.00. The lowest BCUT2D eigenvalue weighted by atomic mass is 10.2. The second-order valence-corrected chi connectivity index (χ2v) is 5.58. The third-order valence-electron chi connectivity index (χ3n) is 2.86. The summed E-state index contributed by atoms with van der Waals surface area (Å²) in [4.78, 5) is 10.7. The number of fused-ring (bicyclic) bond motifs is 1. The predicted molar refractivity (Wildman–Crippen MR) is 73.4 cm³/mol. The summed E-state index contributed by atoms with van der Waals surface area (Å²) in [5.74, 6) is 1.01. The normalized spacial score (nSPS) is 11.3. The number of nitrogen functional groups attached to an aromatic ring is 1. The van der Waals surface area contributed by atoms with Gasteiger partial charge >= 0.3 is 0 Å². The van der Waals surface area contributed by atoms with E-state index in [0.29, 0.717) is 16.7 Å². The molecule has 92 valence electrons. The van der Waals surface area contributed by atoms with Gasteiger partial charge in [-0.2, -0.15) is 0 Å². The number of anilines is 1. The van der Waals surface area contributed by atoms with Crippen LogP contribution in [0.3, 0.4) is 0 Å². The molecular formula is C11H10ClN5S. The maximum atomic E-state index is 5.93. The zero-order valence-corrected chi connectivity index (χ0v) is 11.4. The van der Waals surface area contributed by atoms with E-state index in [1.165, 1.54) is 11.2 Å². The van der Waals surface area contributed by atoms with Crippen LogP contribution in [0.1, 0.15) is 10.4 Å². The SMILES string of the molecule is Cc1sc2ncnc(-n3cc(Cl)c(N)n3)c2c1C. The molecular weight excluding hydrogens is 270 g/mol. The van der Waals surface area contributed by atoms with Gasteiger partial charge < -0.3 is 5.73 Å². The van der Waals surface area contributed by atoms with Crippen molar-refractivity contribution in [2.75, 3.05) is 5.73 Å². The van der Waals surface area contributed by atoms with Crippen LogP contribution in [0.2, 0.25) is 5.02 Å². The molecule has 0 spiro atoms. The number of thiophene rings is 1. The highest BCUT2D eigenvalue weighted by atomic mass is 35.5. The van der Waals surface area contributed by atoms with Crippen molar-refractivity contribution in [3.05, 3.63) is 28.0 Å². The number of rotatable bonds is 1. The average molecular weight is 280 g/mol. The van der Waals surface area contributed by atoms with Crippen LogP contribution >= 0.6 is 22.9 Å². The Balaban J connectivity index is 2.35. The van der Waals surface area contributed by atoms with Crippen molar-refractivity contribution in [1.29, 1.82) is 0 Å². The first kappa shape index (κ1) is 11.4. The summed E-state index contributed by atoms with van der Waals surface area (Å²) in [6.07, 6.45) is 3.18. The van der Waals surface area contributed by atoms with Crippen molar-refractivity contribution in [1.82, 2.24) is 19.7 Å². The van der Waals surface area contributed by atoms with Gasteiger partial charge in [-0.15, -0.1) is 16.4 Å². The van der Waals surface area contributed by atoms with Crippen molar-refractivity contribution in [3.8, 4) is 5.82 Å². The van der Waals surface area contributed by atoms with Gasteiger partial charge in [0, 0.05) is 4.88 Å². The summed E-state index contributed by atoms with van der Waals surface area (Å²) < 4.78 is 1.60. The summed E-state index contributed by atoms with van der Waals surface area (Å²) >= 11 is 7.57. The van der Waals surface area contributed by atoms with Crippen molar-refractivity contribution < 1.29 is 0 Å². The van der Waals surface area contributed by atoms with Crippen LogP contribution in [-0.4, -0.2) is 19.7 Å². The van der Waals surface area contributed by atoms with Gasteiger partial charge in [-0.3, -0.25) is 0 Å². The highest BCUT2D eigenvalue weighted by molar-refractivity contribution is 7.18. The lowest BCUT2D eigenvalue weighted by molar-refractivity contribution is 0.855. The molecule has 2 N–H and O–H groups in total. The number of aryl methyl sites for hydroxylation is 2. The Morgan fingerprint density at radius 2 is 2.11 bits per heavy atom. The molecule has 0 bridgehead atoms. The van der Waals surface area contributed by atoms with Crippen LogP contribution in [-0.2, 0) is 0 Å². The van der Waals surface area contributed by atoms with Gasteiger partial charge in [0.25, 0.3) is 0 Å². The standard InChI is InChI=1S/C11H10ClN5S/c1-5-6(2)18-11-8(5)10(14-4-15-11)17-3-7(12)9(13)16-17/h3-4H,1-2H3,(H2,13,16). The van der Waals surface area contributed by atoms with Crippen LogP contribution in [0.15, 0.2) is 12.5 Å². The first-order chi connectivity index (χ1) is 8.58. The average Bonchev–Trinajstić information content (AvgIpc) is 2.82. The maximum absolute atomic E-state index is 5.93. The second kappa shape index (κ2) is 3.93. The Labute approximate surface area is 112 Å². The van der Waals surface area contributed by atoms with E-state index >= 15 is 0 Å². The fraction of sp³-hybridized carbons (Fsp3) is 0.182. The molecule has 3 aromatic heterocycles. The van der Waals surface area contributed by atoms with Gasteiger partial charge in [-0.1, -0.05) is 11.6 Å². The van der Waals surface area contributed by atoms with Crippen LogP contribution in [0, 0.1) is 13.8 Å². The van der Waals surface area contributed by atoms with E-state index in [4.69, 9.17) is 17.3 Å². The van der Waals surface area contributed by atoms with E-state index < -0.39 is 0 Å². The van der Waals surface area contributed by atoms with Gasteiger partial charge in [0.15, 0.2) is 11.6 Å². The number of nitrogens with zero attached hydrogens (tertiary/aromatic N) is 4. The zero-order chi connectivity index (χ0) is 12.9. The topological polar surface area (TPSA) is 69.6 Å². The lowest BCUT2D eigenvalue weighted by Gasteiger charge is -2.02. The molecule has 3 rings (SSSR count). The molecule has 7 heteroatoms. The quantitative estimate of drug-likeness (QED) is 0.743. The third kappa shape index (κ3) is 1.57. The van der Waals surface area contributed by atoms with Gasteiger partial charge in [-0.25, -0.2) is 14.6 Å². The maximum Gasteiger partial charge on any atom is 0.165 e. The number of hydrogen-bond acceptors (Lipinski definition) is 5. The fourth-order valence-electron chi connectivity index (χ4n) is 1.81. The number of halogens is 1. The molecule has 0 amide bonds. The highest BCUT2D eigenvalue weighted by Gasteiger charge is 2.15. The summed E-state index contributed by atoms with van der Waals surface area (Å²) in [6.45, 7) is 4.12. The smallest absolute Gasteiger partial charge is 0.165 e. The minimum Gasteiger partial charge on any atom is -0.381 e. The van der Waals surface area contributed by atoms with Gasteiger partial charge in [0.05, 0.1) is 11.6 Å². The predicted octanol–water partition coefficient (Wildman–Crippen LogP) is 2.73. The summed E-state index contributed by atoms with van der Waals surface area (Å²) in [7, 11) is 0. The van der Waals surface area contributed by atoms with Crippen LogP contribution in [0.5, 0.6) is 0 Å². The van der Waals surface area contributed by atoms with E-state index in [1.54, 1.807) is 22.2 Å². The van der Waals surface area contributed by atoms with E-state index in [2.05, 4.69) is 28.9 Å². The Hall–Kier alpha value is -1.66. The van der Waals surface area contributed by atoms with Gasteiger partial charge in [0.2, 0.25) is 0 Å². The highest BCUT2D eigenvalue weighted by Crippen LogP contribution is 2.32. The van der Waals surface area contributed by atoms with Crippen molar-refractivity contribution in [3.63, 3.8) is 0 Å². The van der Waals surface area contributed by atoms with Crippen molar-refractivity contribution >= 4 is 39.0 Å². The number of aromatic nitrogens is 4. The first-order valence-corrected chi connectivity index (χ1v) is 6.49. The van der Waals surface area contributed by atoms with Crippen LogP contribution in [0.25, 0.3) is 16.0 Å². The molecule has 0 aliphatic carbocycles. The van der Waals surface area contributed by atoms with Crippen LogP contribution in [0.4, 0.5) is 5.82 Å². The van der Waals surface area contributed by atoms with E-state index in [9.17, 15) is 0 Å². The molecule has 0 aliphatic heterocycles. The molecule has 0 fully saturated rings. The van der Waals surface area contributed by atoms with Crippen LogP contribution < -0.4 is 5.73 Å². The van der Waals surface area contributed by atoms with Gasteiger partial charge in [-0.05, 0) is 19.4 Å². The largest absolute Gasteiger partial charge is 0.381 e. The molecule has 0 atom stereocenters. The minimum atomic E-state index is 0.299. The second-order valence-electron chi connectivity index (χ2n) is 3.97. The monoisotopic (exact) mass is 279 g/mol. The molecule has 0 aliphatic rings. The Kier molecular flexibility index (Phi) is 2.49. The number of hydrogen-bond donors (Lipinski definition) is 1. The number of nitrogens with two attached hydrogens (primary N) is 1. The molecule has 0 radical (unpaired) electrons. The molecule has 0 saturated carbocycles. The molecule has 0 saturated heterocycles. The Bertz CT molecular complexity index is 726. The zero-order valence-electron chi connectivity index (χ0n) is 9.81. The van der Waals surface area contributed by atoms with Crippen molar-refractivity contribution in [2.24, 2.45) is 0 Å². The van der Waals surface area contributed by atoms with E-state index in [1.807, 2.05) is 0 Å². The summed E-state index contributed by atoms with van der Waals surface area (Å²) in [6, 6.07) is 0. The summed E-state index contributed by atoms with van der Waals surface area (Å²) in [5, 5.41) is 5.58. The third-order valence-corrected chi connectivity index (χ3v) is 4.26. The minimum absolute atomic E-state index is 0.299. The van der Waals surface area contributed by atoms with E-state index in [-0.39, 0.29) is 0 Å². The summed E-state index contributed by atoms with van der Waals surface area (Å²) in [5.41, 5.74) is 6.82. The Morgan fingerprint density at radius 3 is 2.78 bits per heavy atom. The Morgan fingerprint density at radius 1 is 1.33 bits per heavy atom. The van der Waals surface area contributed by atoms with E-state index in [0.717, 1.165) is 15.8 Å². The molecule has 5 nitrogen and oxygen atoms in total. The molecule has 3 aromatic rings. The molecule has 0 aromatic carbocycles.